The van der Waals surface area contributed by atoms with Gasteiger partial charge < -0.3 is 0 Å². The van der Waals surface area contributed by atoms with E-state index in [2.05, 4.69) is 4.98 Å². The van der Waals surface area contributed by atoms with Crippen molar-refractivity contribution in [3.8, 4) is 0 Å². The maximum Gasteiger partial charge on any atom is 0.0724 e. The molecule has 0 aliphatic rings. The van der Waals surface area contributed by atoms with E-state index in [9.17, 15) is 0 Å². The Morgan fingerprint density at radius 1 is 1.13 bits per heavy atom. The molecule has 0 unspecified atom stereocenters. The molecule has 0 aliphatic carbocycles. The smallest absolute Gasteiger partial charge is 0.0724 e. The van der Waals surface area contributed by atoms with Crippen molar-refractivity contribution in [3.05, 3.63) is 39.9 Å². The van der Waals surface area contributed by atoms with Crippen LogP contribution < -0.4 is 10.6 Å². The van der Waals surface area contributed by atoms with Crippen molar-refractivity contribution in [2.24, 2.45) is 0 Å². The first-order valence-electron chi connectivity index (χ1n) is 4.95. The van der Waals surface area contributed by atoms with Crippen LogP contribution in [-0.4, -0.2) is 4.98 Å². The number of benzene rings is 1. The lowest BCUT2D eigenvalue weighted by Gasteiger charge is -2.01. The zero-order valence-corrected chi connectivity index (χ0v) is 9.55. The number of aromatic nitrogens is 1. The van der Waals surface area contributed by atoms with Gasteiger partial charge in [-0.15, -0.1) is 0 Å². The number of halogens is 1. The average molecular weight is 218 g/mol. The van der Waals surface area contributed by atoms with Crippen LogP contribution in [0.4, 0.5) is 0 Å². The maximum atomic E-state index is 6.33. The Balaban J connectivity index is 3.09. The third-order valence-electron chi connectivity index (χ3n) is 2.46. The highest BCUT2D eigenvalue weighted by atomic mass is 35.5. The van der Waals surface area contributed by atoms with E-state index in [4.69, 9.17) is 11.6 Å². The van der Waals surface area contributed by atoms with Gasteiger partial charge in [0.05, 0.1) is 15.9 Å². The molecule has 2 aromatic rings. The second-order valence-corrected chi connectivity index (χ2v) is 3.70. The number of nitrogens with zero attached hydrogens (tertiary/aromatic N) is 1. The van der Waals surface area contributed by atoms with Gasteiger partial charge in [0, 0.05) is 10.6 Å². The van der Waals surface area contributed by atoms with Crippen molar-refractivity contribution in [2.45, 2.75) is 13.8 Å². The molecule has 76 valence electrons. The highest BCUT2D eigenvalue weighted by molar-refractivity contribution is 6.35. The molecular formula is C13H12ClN. The molecule has 0 aliphatic heterocycles. The number of hydrogen-bond acceptors (Lipinski definition) is 1. The van der Waals surface area contributed by atoms with Crippen LogP contribution in [0.25, 0.3) is 23.1 Å². The predicted molar refractivity (Wildman–Crippen MR) is 66.3 cm³/mol. The Kier molecular flexibility index (Phi) is 2.74. The van der Waals surface area contributed by atoms with E-state index in [0.717, 1.165) is 26.5 Å². The number of para-hydroxylation sites is 1. The SMILES string of the molecule is C/C=c1/nc2ccccc2c(Cl)/c1=C/C. The Labute approximate surface area is 93.7 Å². The molecule has 2 rings (SSSR count). The third-order valence-corrected chi connectivity index (χ3v) is 2.86. The summed E-state index contributed by atoms with van der Waals surface area (Å²) in [5, 5.41) is 3.76. The average Bonchev–Trinajstić information content (AvgIpc) is 2.29. The second kappa shape index (κ2) is 4.03. The van der Waals surface area contributed by atoms with Gasteiger partial charge in [0.25, 0.3) is 0 Å². The van der Waals surface area contributed by atoms with E-state index in [0.29, 0.717) is 0 Å². The molecule has 0 bridgehead atoms. The van der Waals surface area contributed by atoms with E-state index in [1.165, 1.54) is 0 Å². The van der Waals surface area contributed by atoms with Crippen LogP contribution in [0.1, 0.15) is 13.8 Å². The summed E-state index contributed by atoms with van der Waals surface area (Å²) >= 11 is 6.33. The summed E-state index contributed by atoms with van der Waals surface area (Å²) in [7, 11) is 0. The summed E-state index contributed by atoms with van der Waals surface area (Å²) in [5.74, 6) is 0. The Hall–Kier alpha value is -1.34. The predicted octanol–water partition coefficient (Wildman–Crippen LogP) is 2.49. The van der Waals surface area contributed by atoms with Gasteiger partial charge in [-0.3, -0.25) is 0 Å². The molecule has 1 aromatic carbocycles. The highest BCUT2D eigenvalue weighted by Gasteiger charge is 2.01. The first kappa shape index (κ1) is 10.2. The fourth-order valence-corrected chi connectivity index (χ4v) is 2.06. The van der Waals surface area contributed by atoms with E-state index < -0.39 is 0 Å². The van der Waals surface area contributed by atoms with Gasteiger partial charge in [0.15, 0.2) is 0 Å². The second-order valence-electron chi connectivity index (χ2n) is 3.32. The van der Waals surface area contributed by atoms with Crippen molar-refractivity contribution in [1.82, 2.24) is 4.98 Å². The van der Waals surface area contributed by atoms with Gasteiger partial charge in [0.2, 0.25) is 0 Å². The minimum atomic E-state index is 0.788. The Bertz CT molecular complexity index is 614. The van der Waals surface area contributed by atoms with Crippen LogP contribution in [0.3, 0.4) is 0 Å². The van der Waals surface area contributed by atoms with Gasteiger partial charge in [-0.25, -0.2) is 4.98 Å². The van der Waals surface area contributed by atoms with Crippen molar-refractivity contribution in [2.75, 3.05) is 0 Å². The lowest BCUT2D eigenvalue weighted by Crippen LogP contribution is -2.28. The summed E-state index contributed by atoms with van der Waals surface area (Å²) in [6.07, 6.45) is 3.98. The summed E-state index contributed by atoms with van der Waals surface area (Å²) in [6, 6.07) is 7.93. The minimum Gasteiger partial charge on any atom is -0.248 e. The molecule has 0 atom stereocenters. The lowest BCUT2D eigenvalue weighted by atomic mass is 10.2. The van der Waals surface area contributed by atoms with Crippen LogP contribution in [0, 0.1) is 0 Å². The normalized spacial score (nSPS) is 13.8. The van der Waals surface area contributed by atoms with Crippen molar-refractivity contribution < 1.29 is 0 Å². The molecule has 1 nitrogen and oxygen atoms in total. The summed E-state index contributed by atoms with van der Waals surface area (Å²) < 4.78 is 0. The third kappa shape index (κ3) is 1.64. The largest absolute Gasteiger partial charge is 0.248 e. The van der Waals surface area contributed by atoms with Crippen LogP contribution in [0.5, 0.6) is 0 Å². The fraction of sp³-hybridized carbons (Fsp3) is 0.154. The molecule has 0 N–H and O–H groups in total. The zero-order valence-electron chi connectivity index (χ0n) is 8.79. The molecule has 15 heavy (non-hydrogen) atoms. The van der Waals surface area contributed by atoms with Crippen LogP contribution in [0.15, 0.2) is 24.3 Å². The Morgan fingerprint density at radius 3 is 2.53 bits per heavy atom. The highest BCUT2D eigenvalue weighted by Crippen LogP contribution is 2.15. The monoisotopic (exact) mass is 217 g/mol. The molecule has 0 saturated heterocycles. The molecule has 0 amide bonds. The van der Waals surface area contributed by atoms with Crippen molar-refractivity contribution >= 4 is 34.7 Å². The first-order chi connectivity index (χ1) is 7.27. The molecular weight excluding hydrogens is 206 g/mol. The number of fused-ring (bicyclic) bond motifs is 1. The first-order valence-corrected chi connectivity index (χ1v) is 5.32. The van der Waals surface area contributed by atoms with Gasteiger partial charge in [0.1, 0.15) is 0 Å². The minimum absolute atomic E-state index is 0.788. The van der Waals surface area contributed by atoms with Crippen LogP contribution >= 0.6 is 11.6 Å². The molecule has 1 aromatic heterocycles. The van der Waals surface area contributed by atoms with Crippen LogP contribution in [0.2, 0.25) is 5.02 Å². The fourth-order valence-electron chi connectivity index (χ4n) is 1.70. The van der Waals surface area contributed by atoms with E-state index in [-0.39, 0.29) is 0 Å². The lowest BCUT2D eigenvalue weighted by molar-refractivity contribution is 1.28. The number of rotatable bonds is 0. The number of pyridine rings is 1. The van der Waals surface area contributed by atoms with Gasteiger partial charge in [-0.1, -0.05) is 42.0 Å². The van der Waals surface area contributed by atoms with Crippen LogP contribution in [-0.2, 0) is 0 Å². The standard InChI is InChI=1S/C13H12ClN/c1-3-9-11(4-2)15-12-8-6-5-7-10(12)13(9)14/h3-8H,1-2H3/b9-3+,11-4+. The van der Waals surface area contributed by atoms with Gasteiger partial charge in [-0.05, 0) is 19.9 Å². The zero-order chi connectivity index (χ0) is 10.8. The quantitative estimate of drug-likeness (QED) is 0.661. The maximum absolute atomic E-state index is 6.33. The summed E-state index contributed by atoms with van der Waals surface area (Å²) in [4.78, 5) is 4.55. The molecule has 1 heterocycles. The molecule has 0 spiro atoms. The van der Waals surface area contributed by atoms with Gasteiger partial charge in [-0.2, -0.15) is 0 Å². The van der Waals surface area contributed by atoms with E-state index >= 15 is 0 Å². The molecule has 0 radical (unpaired) electrons. The molecule has 2 heteroatoms. The molecule has 0 saturated carbocycles. The summed E-state index contributed by atoms with van der Waals surface area (Å²) in [5.41, 5.74) is 0.946. The van der Waals surface area contributed by atoms with Crippen molar-refractivity contribution in [3.63, 3.8) is 0 Å². The summed E-state index contributed by atoms with van der Waals surface area (Å²) in [6.45, 7) is 3.95. The van der Waals surface area contributed by atoms with E-state index in [1.807, 2.05) is 50.3 Å². The topological polar surface area (TPSA) is 12.9 Å². The number of hydrogen-bond donors (Lipinski definition) is 0. The van der Waals surface area contributed by atoms with Crippen molar-refractivity contribution in [1.29, 1.82) is 0 Å². The van der Waals surface area contributed by atoms with Gasteiger partial charge >= 0.3 is 0 Å². The molecule has 0 fully saturated rings. The Morgan fingerprint density at radius 2 is 1.87 bits per heavy atom. The van der Waals surface area contributed by atoms with E-state index in [1.54, 1.807) is 0 Å².